The molecule has 0 spiro atoms. The molecule has 0 bridgehead atoms. The lowest BCUT2D eigenvalue weighted by Gasteiger charge is -2.16. The highest BCUT2D eigenvalue weighted by Gasteiger charge is 2.42. The minimum Gasteiger partial charge on any atom is -0.481 e. The van der Waals surface area contributed by atoms with Gasteiger partial charge >= 0.3 is 12.0 Å². The van der Waals surface area contributed by atoms with Gasteiger partial charge in [-0.3, -0.25) is 9.59 Å². The first-order chi connectivity index (χ1) is 10.6. The topological polar surface area (TPSA) is 108 Å². The van der Waals surface area contributed by atoms with Crippen LogP contribution >= 0.6 is 11.8 Å². The summed E-state index contributed by atoms with van der Waals surface area (Å²) in [6.45, 7) is 0.422. The Balaban J connectivity index is 1.51. The van der Waals surface area contributed by atoms with Gasteiger partial charge in [0.2, 0.25) is 5.91 Å². The molecule has 2 heterocycles. The van der Waals surface area contributed by atoms with E-state index in [-0.39, 0.29) is 30.4 Å². The SMILES string of the molecule is O=C(O)CCCNC(=O)CCCCC1SCC2NC(=O)NC21. The van der Waals surface area contributed by atoms with Gasteiger partial charge in [0.1, 0.15) is 0 Å². The zero-order valence-corrected chi connectivity index (χ0v) is 13.3. The predicted octanol–water partition coefficient (Wildman–Crippen LogP) is 0.693. The first-order valence-electron chi connectivity index (χ1n) is 7.73. The summed E-state index contributed by atoms with van der Waals surface area (Å²) in [5, 5.41) is 17.5. The Labute approximate surface area is 134 Å². The van der Waals surface area contributed by atoms with Crippen LogP contribution in [0.15, 0.2) is 0 Å². The molecule has 0 aromatic heterocycles. The molecule has 2 saturated heterocycles. The molecular formula is C14H23N3O4S. The van der Waals surface area contributed by atoms with E-state index in [9.17, 15) is 14.4 Å². The van der Waals surface area contributed by atoms with Gasteiger partial charge < -0.3 is 21.1 Å². The quantitative estimate of drug-likeness (QED) is 0.368. The van der Waals surface area contributed by atoms with E-state index in [4.69, 9.17) is 5.11 Å². The molecule has 8 heteroatoms. The number of fused-ring (bicyclic) bond motifs is 1. The molecule has 3 unspecified atom stereocenters. The molecule has 0 saturated carbocycles. The van der Waals surface area contributed by atoms with Gasteiger partial charge in [-0.05, 0) is 19.3 Å². The third kappa shape index (κ3) is 5.08. The molecule has 124 valence electrons. The second kappa shape index (κ2) is 8.26. The van der Waals surface area contributed by atoms with Gasteiger partial charge in [-0.25, -0.2) is 4.79 Å². The summed E-state index contributed by atoms with van der Waals surface area (Å²) in [5.74, 6) is 0.103. The molecule has 3 amide bonds. The van der Waals surface area contributed by atoms with E-state index >= 15 is 0 Å². The van der Waals surface area contributed by atoms with Crippen molar-refractivity contribution in [1.82, 2.24) is 16.0 Å². The van der Waals surface area contributed by atoms with E-state index in [0.717, 1.165) is 25.0 Å². The monoisotopic (exact) mass is 329 g/mol. The lowest BCUT2D eigenvalue weighted by atomic mass is 10.0. The van der Waals surface area contributed by atoms with Gasteiger partial charge in [0.05, 0.1) is 12.1 Å². The largest absolute Gasteiger partial charge is 0.481 e. The van der Waals surface area contributed by atoms with Crippen LogP contribution in [0.25, 0.3) is 0 Å². The first-order valence-corrected chi connectivity index (χ1v) is 8.78. The number of carbonyl (C=O) groups is 3. The van der Waals surface area contributed by atoms with Crippen LogP contribution in [0.4, 0.5) is 4.79 Å². The predicted molar refractivity (Wildman–Crippen MR) is 83.8 cm³/mol. The average molecular weight is 329 g/mol. The average Bonchev–Trinajstić information content (AvgIpc) is 2.99. The highest BCUT2D eigenvalue weighted by atomic mass is 32.2. The van der Waals surface area contributed by atoms with Crippen molar-refractivity contribution in [2.45, 2.75) is 55.9 Å². The number of nitrogens with one attached hydrogen (secondary N) is 3. The maximum Gasteiger partial charge on any atom is 0.315 e. The van der Waals surface area contributed by atoms with Crippen molar-refractivity contribution < 1.29 is 19.5 Å². The fourth-order valence-electron chi connectivity index (χ4n) is 2.83. The van der Waals surface area contributed by atoms with Crippen LogP contribution < -0.4 is 16.0 Å². The van der Waals surface area contributed by atoms with Crippen molar-refractivity contribution in [3.8, 4) is 0 Å². The number of urea groups is 1. The summed E-state index contributed by atoms with van der Waals surface area (Å²) < 4.78 is 0. The van der Waals surface area contributed by atoms with Gasteiger partial charge in [-0.15, -0.1) is 0 Å². The van der Waals surface area contributed by atoms with Crippen molar-refractivity contribution in [2.75, 3.05) is 12.3 Å². The third-order valence-electron chi connectivity index (χ3n) is 3.97. The standard InChI is InChI=1S/C14H23N3O4S/c18-11(15-7-3-6-12(19)20)5-2-1-4-10-13-9(8-22-10)16-14(21)17-13/h9-10,13H,1-8H2,(H,15,18)(H,19,20)(H2,16,17,21). The molecule has 4 N–H and O–H groups in total. The van der Waals surface area contributed by atoms with Gasteiger partial charge in [-0.2, -0.15) is 11.8 Å². The fourth-order valence-corrected chi connectivity index (χ4v) is 4.37. The number of thioether (sulfide) groups is 1. The van der Waals surface area contributed by atoms with Gasteiger partial charge in [0, 0.05) is 30.4 Å². The molecule has 3 atom stereocenters. The molecule has 22 heavy (non-hydrogen) atoms. The van der Waals surface area contributed by atoms with Crippen LogP contribution in [0.1, 0.15) is 38.5 Å². The molecule has 0 aliphatic carbocycles. The zero-order valence-electron chi connectivity index (χ0n) is 12.5. The molecule has 2 fully saturated rings. The number of carbonyl (C=O) groups excluding carboxylic acids is 2. The number of amides is 3. The van der Waals surface area contributed by atoms with E-state index < -0.39 is 5.97 Å². The molecule has 2 aliphatic heterocycles. The van der Waals surface area contributed by atoms with Gasteiger partial charge in [0.25, 0.3) is 0 Å². The number of rotatable bonds is 9. The van der Waals surface area contributed by atoms with Crippen molar-refractivity contribution in [1.29, 1.82) is 0 Å². The number of carboxylic acids is 1. The molecular weight excluding hydrogens is 306 g/mol. The molecule has 0 aromatic carbocycles. The number of unbranched alkanes of at least 4 members (excludes halogenated alkanes) is 1. The summed E-state index contributed by atoms with van der Waals surface area (Å²) >= 11 is 1.88. The highest BCUT2D eigenvalue weighted by Crippen LogP contribution is 2.33. The number of carboxylic acid groups (broad SMARTS) is 1. The molecule has 7 nitrogen and oxygen atoms in total. The highest BCUT2D eigenvalue weighted by molar-refractivity contribution is 8.00. The summed E-state index contributed by atoms with van der Waals surface area (Å²) in [7, 11) is 0. The van der Waals surface area contributed by atoms with Crippen LogP contribution in [0, 0.1) is 0 Å². The summed E-state index contributed by atoms with van der Waals surface area (Å²) in [4.78, 5) is 33.2. The zero-order chi connectivity index (χ0) is 15.9. The first kappa shape index (κ1) is 16.9. The van der Waals surface area contributed by atoms with Crippen molar-refractivity contribution in [3.05, 3.63) is 0 Å². The summed E-state index contributed by atoms with van der Waals surface area (Å²) in [5.41, 5.74) is 0. The van der Waals surface area contributed by atoms with E-state index in [1.165, 1.54) is 0 Å². The number of aliphatic carboxylic acids is 1. The maximum absolute atomic E-state index is 11.6. The lowest BCUT2D eigenvalue weighted by Crippen LogP contribution is -2.36. The van der Waals surface area contributed by atoms with E-state index in [1.807, 2.05) is 11.8 Å². The second-order valence-electron chi connectivity index (χ2n) is 5.71. The normalized spacial score (nSPS) is 26.2. The van der Waals surface area contributed by atoms with E-state index in [1.54, 1.807) is 0 Å². The maximum atomic E-state index is 11.6. The van der Waals surface area contributed by atoms with E-state index in [0.29, 0.717) is 24.6 Å². The smallest absolute Gasteiger partial charge is 0.315 e. The fraction of sp³-hybridized carbons (Fsp3) is 0.786. The molecule has 2 aliphatic rings. The minimum absolute atomic E-state index is 0.0156. The van der Waals surface area contributed by atoms with Crippen LogP contribution in [0.2, 0.25) is 0 Å². The Kier molecular flexibility index (Phi) is 6.35. The van der Waals surface area contributed by atoms with Crippen LogP contribution in [0.3, 0.4) is 0 Å². The summed E-state index contributed by atoms with van der Waals surface area (Å²) in [6.07, 6.45) is 3.81. The molecule has 2 rings (SSSR count). The van der Waals surface area contributed by atoms with E-state index in [2.05, 4.69) is 16.0 Å². The molecule has 0 radical (unpaired) electrons. The Morgan fingerprint density at radius 2 is 2.05 bits per heavy atom. The van der Waals surface area contributed by atoms with Crippen molar-refractivity contribution in [2.24, 2.45) is 0 Å². The van der Waals surface area contributed by atoms with Gasteiger partial charge in [0.15, 0.2) is 0 Å². The Morgan fingerprint density at radius 3 is 2.82 bits per heavy atom. The molecule has 0 aromatic rings. The Hall–Kier alpha value is -1.44. The van der Waals surface area contributed by atoms with Crippen LogP contribution in [-0.4, -0.2) is 52.6 Å². The number of hydrogen-bond acceptors (Lipinski definition) is 4. The van der Waals surface area contributed by atoms with Gasteiger partial charge in [-0.1, -0.05) is 6.42 Å². The minimum atomic E-state index is -0.838. The Morgan fingerprint density at radius 1 is 1.23 bits per heavy atom. The third-order valence-corrected chi connectivity index (χ3v) is 5.48. The second-order valence-corrected chi connectivity index (χ2v) is 6.99. The Bertz CT molecular complexity index is 432. The summed E-state index contributed by atoms with van der Waals surface area (Å²) in [6, 6.07) is 0.406. The van der Waals surface area contributed by atoms with Crippen molar-refractivity contribution in [3.63, 3.8) is 0 Å². The van der Waals surface area contributed by atoms with Crippen LogP contribution in [0.5, 0.6) is 0 Å². The lowest BCUT2D eigenvalue weighted by molar-refractivity contribution is -0.137. The number of hydrogen-bond donors (Lipinski definition) is 4. The van der Waals surface area contributed by atoms with Crippen LogP contribution in [-0.2, 0) is 9.59 Å². The van der Waals surface area contributed by atoms with Crippen molar-refractivity contribution >= 4 is 29.7 Å².